The van der Waals surface area contributed by atoms with Crippen LogP contribution in [-0.2, 0) is 0 Å². The molecule has 3 aromatic rings. The van der Waals surface area contributed by atoms with E-state index in [9.17, 15) is 4.79 Å². The van der Waals surface area contributed by atoms with Gasteiger partial charge in [0.15, 0.2) is 0 Å². The van der Waals surface area contributed by atoms with Gasteiger partial charge in [0.2, 0.25) is 0 Å². The Labute approximate surface area is 92.7 Å². The van der Waals surface area contributed by atoms with E-state index in [-0.39, 0.29) is 5.56 Å². The number of H-pyrrole nitrogens is 1. The van der Waals surface area contributed by atoms with Crippen LogP contribution in [0.4, 0.5) is 0 Å². The fraction of sp³-hybridized carbons (Fsp3) is 0. The second kappa shape index (κ2) is 2.93. The van der Waals surface area contributed by atoms with Gasteiger partial charge < -0.3 is 0 Å². The smallest absolute Gasteiger partial charge is 0.288 e. The summed E-state index contributed by atoms with van der Waals surface area (Å²) in [4.78, 5) is 11.5. The molecule has 0 atom stereocenters. The first-order chi connectivity index (χ1) is 7.25. The lowest BCUT2D eigenvalue weighted by molar-refractivity contribution is 0.931. The molecule has 0 fully saturated rings. The van der Waals surface area contributed by atoms with Gasteiger partial charge in [0.05, 0.1) is 5.52 Å². The molecule has 0 bridgehead atoms. The van der Waals surface area contributed by atoms with Gasteiger partial charge in [0.25, 0.3) is 5.56 Å². The summed E-state index contributed by atoms with van der Waals surface area (Å²) in [6, 6.07) is 7.71. The van der Waals surface area contributed by atoms with Gasteiger partial charge >= 0.3 is 0 Å². The van der Waals surface area contributed by atoms with E-state index in [0.29, 0.717) is 5.52 Å². The highest BCUT2D eigenvalue weighted by Crippen LogP contribution is 2.21. The first kappa shape index (κ1) is 8.67. The molecule has 0 saturated heterocycles. The van der Waals surface area contributed by atoms with Crippen molar-refractivity contribution in [2.45, 2.75) is 0 Å². The van der Waals surface area contributed by atoms with Crippen LogP contribution >= 0.6 is 15.9 Å². The van der Waals surface area contributed by atoms with Crippen LogP contribution in [0.5, 0.6) is 0 Å². The Morgan fingerprint density at radius 2 is 2.13 bits per heavy atom. The number of fused-ring (bicyclic) bond motifs is 3. The van der Waals surface area contributed by atoms with Crippen LogP contribution in [0.2, 0.25) is 0 Å². The molecule has 1 aromatic carbocycles. The number of hydrogen-bond donors (Lipinski definition) is 1. The van der Waals surface area contributed by atoms with Gasteiger partial charge in [-0.2, -0.15) is 5.10 Å². The average Bonchev–Trinajstić information content (AvgIpc) is 2.57. The third-order valence-corrected chi connectivity index (χ3v) is 2.87. The molecule has 4 nitrogen and oxygen atoms in total. The Hall–Kier alpha value is -1.62. The zero-order valence-electron chi connectivity index (χ0n) is 7.57. The van der Waals surface area contributed by atoms with Crippen molar-refractivity contribution in [3.63, 3.8) is 0 Å². The Morgan fingerprint density at radius 1 is 1.27 bits per heavy atom. The lowest BCUT2D eigenvalue weighted by Crippen LogP contribution is -2.09. The summed E-state index contributed by atoms with van der Waals surface area (Å²) < 4.78 is 2.77. The van der Waals surface area contributed by atoms with E-state index in [1.54, 1.807) is 10.7 Å². The fourth-order valence-electron chi connectivity index (χ4n) is 1.71. The molecule has 1 N–H and O–H groups in total. The van der Waals surface area contributed by atoms with Crippen molar-refractivity contribution in [1.29, 1.82) is 0 Å². The van der Waals surface area contributed by atoms with E-state index in [2.05, 4.69) is 26.1 Å². The molecule has 0 unspecified atom stereocenters. The maximum Gasteiger partial charge on any atom is 0.288 e. The molecule has 0 saturated carbocycles. The molecule has 74 valence electrons. The monoisotopic (exact) mass is 263 g/mol. The summed E-state index contributed by atoms with van der Waals surface area (Å²) in [6.45, 7) is 0. The minimum absolute atomic E-state index is 0.176. The molecule has 3 rings (SSSR count). The maximum atomic E-state index is 11.5. The van der Waals surface area contributed by atoms with Crippen molar-refractivity contribution in [2.75, 3.05) is 0 Å². The number of halogens is 1. The normalized spacial score (nSPS) is 11.3. The lowest BCUT2D eigenvalue weighted by atomic mass is 10.2. The summed E-state index contributed by atoms with van der Waals surface area (Å²) in [5.41, 5.74) is 1.41. The minimum atomic E-state index is -0.176. The summed E-state index contributed by atoms with van der Waals surface area (Å²) >= 11 is 3.40. The van der Waals surface area contributed by atoms with Crippen LogP contribution in [0.3, 0.4) is 0 Å². The van der Waals surface area contributed by atoms with Crippen LogP contribution in [0, 0.1) is 0 Å². The average molecular weight is 264 g/mol. The summed E-state index contributed by atoms with van der Waals surface area (Å²) in [5, 5.41) is 7.20. The van der Waals surface area contributed by atoms with Crippen molar-refractivity contribution >= 4 is 32.3 Å². The molecule has 0 amide bonds. The van der Waals surface area contributed by atoms with Crippen LogP contribution in [0.1, 0.15) is 0 Å². The quantitative estimate of drug-likeness (QED) is 0.674. The van der Waals surface area contributed by atoms with Crippen LogP contribution in [0.15, 0.2) is 39.9 Å². The van der Waals surface area contributed by atoms with E-state index < -0.39 is 0 Å². The Kier molecular flexibility index (Phi) is 1.70. The molecule has 0 aliphatic rings. The number of nitrogens with zero attached hydrogens (tertiary/aromatic N) is 2. The van der Waals surface area contributed by atoms with Gasteiger partial charge in [-0.15, -0.1) is 0 Å². The van der Waals surface area contributed by atoms with Crippen LogP contribution in [-0.4, -0.2) is 14.6 Å². The van der Waals surface area contributed by atoms with E-state index in [0.717, 1.165) is 15.4 Å². The minimum Gasteiger partial charge on any atom is -0.294 e. The molecule has 2 heterocycles. The zero-order valence-corrected chi connectivity index (χ0v) is 9.15. The third kappa shape index (κ3) is 1.20. The summed E-state index contributed by atoms with van der Waals surface area (Å²) in [6.07, 6.45) is 1.60. The topological polar surface area (TPSA) is 50.2 Å². The van der Waals surface area contributed by atoms with Crippen molar-refractivity contribution in [2.24, 2.45) is 0 Å². The van der Waals surface area contributed by atoms with Crippen molar-refractivity contribution in [3.8, 4) is 0 Å². The predicted molar refractivity (Wildman–Crippen MR) is 61.0 cm³/mol. The van der Waals surface area contributed by atoms with Crippen molar-refractivity contribution < 1.29 is 0 Å². The maximum absolute atomic E-state index is 11.5. The number of nitrogens with one attached hydrogen (secondary N) is 1. The van der Waals surface area contributed by atoms with Gasteiger partial charge in [-0.05, 0) is 24.3 Å². The molecule has 0 spiro atoms. The molecule has 0 aliphatic carbocycles. The first-order valence-electron chi connectivity index (χ1n) is 4.40. The Bertz CT molecular complexity index is 713. The number of aromatic amines is 1. The second-order valence-electron chi connectivity index (χ2n) is 3.29. The van der Waals surface area contributed by atoms with E-state index >= 15 is 0 Å². The summed E-state index contributed by atoms with van der Waals surface area (Å²) in [7, 11) is 0. The standard InChI is InChI=1S/C10H6BrN3O/c11-7-1-2-8-6(3-7)4-9-10(15)13-12-5-14(8)9/h1-5H,(H,13,15). The van der Waals surface area contributed by atoms with Crippen LogP contribution < -0.4 is 5.56 Å². The van der Waals surface area contributed by atoms with Crippen molar-refractivity contribution in [3.05, 3.63) is 45.4 Å². The Morgan fingerprint density at radius 3 is 3.00 bits per heavy atom. The number of rotatable bonds is 0. The van der Waals surface area contributed by atoms with Crippen molar-refractivity contribution in [1.82, 2.24) is 14.6 Å². The van der Waals surface area contributed by atoms with Gasteiger partial charge in [0.1, 0.15) is 11.8 Å². The number of hydrogen-bond acceptors (Lipinski definition) is 2. The van der Waals surface area contributed by atoms with Gasteiger partial charge in [-0.25, -0.2) is 5.10 Å². The first-order valence-corrected chi connectivity index (χ1v) is 5.19. The molecule has 2 aromatic heterocycles. The molecular formula is C10H6BrN3O. The van der Waals surface area contributed by atoms with Crippen LogP contribution in [0.25, 0.3) is 16.4 Å². The highest BCUT2D eigenvalue weighted by atomic mass is 79.9. The number of aromatic nitrogens is 3. The SMILES string of the molecule is O=c1[nH]ncn2c1cc1cc(Br)ccc12. The van der Waals surface area contributed by atoms with E-state index in [1.807, 2.05) is 24.3 Å². The highest BCUT2D eigenvalue weighted by Gasteiger charge is 2.05. The fourth-order valence-corrected chi connectivity index (χ4v) is 2.09. The van der Waals surface area contributed by atoms with Gasteiger partial charge in [-0.3, -0.25) is 9.20 Å². The van der Waals surface area contributed by atoms with E-state index in [4.69, 9.17) is 0 Å². The molecular weight excluding hydrogens is 258 g/mol. The largest absolute Gasteiger partial charge is 0.294 e. The van der Waals surface area contributed by atoms with E-state index in [1.165, 1.54) is 0 Å². The summed E-state index contributed by atoms with van der Waals surface area (Å²) in [5.74, 6) is 0. The van der Waals surface area contributed by atoms with Gasteiger partial charge in [-0.1, -0.05) is 15.9 Å². The third-order valence-electron chi connectivity index (χ3n) is 2.37. The second-order valence-corrected chi connectivity index (χ2v) is 4.20. The number of benzene rings is 1. The zero-order chi connectivity index (χ0) is 10.4. The molecule has 15 heavy (non-hydrogen) atoms. The molecule has 0 radical (unpaired) electrons. The lowest BCUT2D eigenvalue weighted by Gasteiger charge is -1.94. The Balaban J connectivity index is 2.63. The van der Waals surface area contributed by atoms with Gasteiger partial charge in [0, 0.05) is 9.86 Å². The highest BCUT2D eigenvalue weighted by molar-refractivity contribution is 9.10. The molecule has 5 heteroatoms. The molecule has 0 aliphatic heterocycles. The predicted octanol–water partition coefficient (Wildman–Crippen LogP) is 1.94.